The lowest BCUT2D eigenvalue weighted by Gasteiger charge is -2.10. The number of nitrogens with zero attached hydrogens (tertiary/aromatic N) is 1. The van der Waals surface area contributed by atoms with Crippen LogP contribution in [0.15, 0.2) is 24.4 Å². The molecule has 0 spiro atoms. The van der Waals surface area contributed by atoms with Crippen molar-refractivity contribution in [3.8, 4) is 5.75 Å². The zero-order chi connectivity index (χ0) is 13.3. The maximum absolute atomic E-state index is 11.7. The number of benzene rings is 1. The lowest BCUT2D eigenvalue weighted by molar-refractivity contribution is 0.101. The summed E-state index contributed by atoms with van der Waals surface area (Å²) in [4.78, 5) is 11.7. The molecule has 3 heteroatoms. The Labute approximate surface area is 107 Å². The summed E-state index contributed by atoms with van der Waals surface area (Å²) in [5.41, 5.74) is 1.78. The minimum Gasteiger partial charge on any atom is -0.495 e. The summed E-state index contributed by atoms with van der Waals surface area (Å²) in [5.74, 6) is 1.43. The van der Waals surface area contributed by atoms with Crippen molar-refractivity contribution in [2.75, 3.05) is 7.11 Å². The quantitative estimate of drug-likeness (QED) is 0.772. The summed E-state index contributed by atoms with van der Waals surface area (Å²) in [5, 5.41) is 0.975. The van der Waals surface area contributed by atoms with Gasteiger partial charge in [0.1, 0.15) is 5.75 Å². The number of fused-ring (bicyclic) bond motifs is 1. The molecule has 96 valence electrons. The fourth-order valence-corrected chi connectivity index (χ4v) is 2.31. The Morgan fingerprint density at radius 3 is 2.67 bits per heavy atom. The van der Waals surface area contributed by atoms with Gasteiger partial charge in [-0.2, -0.15) is 0 Å². The summed E-state index contributed by atoms with van der Waals surface area (Å²) < 4.78 is 7.53. The number of ether oxygens (including phenoxy) is 1. The van der Waals surface area contributed by atoms with Crippen LogP contribution in [0.1, 0.15) is 31.1 Å². The van der Waals surface area contributed by atoms with Crippen molar-refractivity contribution >= 4 is 16.7 Å². The Balaban J connectivity index is 2.72. The molecule has 0 atom stereocenters. The molecule has 1 aromatic carbocycles. The molecule has 3 nitrogen and oxygen atoms in total. The van der Waals surface area contributed by atoms with Crippen LogP contribution in [0.25, 0.3) is 10.9 Å². The Morgan fingerprint density at radius 2 is 2.11 bits per heavy atom. The second-order valence-electron chi connectivity index (χ2n) is 5.00. The molecule has 0 aliphatic rings. The molecule has 1 heterocycles. The first-order valence-electron chi connectivity index (χ1n) is 6.21. The fourth-order valence-electron chi connectivity index (χ4n) is 2.31. The van der Waals surface area contributed by atoms with Crippen molar-refractivity contribution in [2.24, 2.45) is 5.92 Å². The van der Waals surface area contributed by atoms with Gasteiger partial charge >= 0.3 is 0 Å². The molecular formula is C15H19NO2. The van der Waals surface area contributed by atoms with Gasteiger partial charge in [0.15, 0.2) is 5.78 Å². The number of ketones is 1. The molecular weight excluding hydrogens is 226 g/mol. The van der Waals surface area contributed by atoms with E-state index in [1.165, 1.54) is 0 Å². The van der Waals surface area contributed by atoms with Crippen LogP contribution >= 0.6 is 0 Å². The van der Waals surface area contributed by atoms with Crippen molar-refractivity contribution in [3.63, 3.8) is 0 Å². The lowest BCUT2D eigenvalue weighted by atomic mass is 10.1. The summed E-state index contributed by atoms with van der Waals surface area (Å²) >= 11 is 0. The number of Topliss-reactive ketones (excluding diaryl/α,β-unsaturated/α-hetero) is 1. The Hall–Kier alpha value is -1.77. The van der Waals surface area contributed by atoms with E-state index in [1.807, 2.05) is 24.4 Å². The van der Waals surface area contributed by atoms with E-state index in [4.69, 9.17) is 4.74 Å². The zero-order valence-electron chi connectivity index (χ0n) is 11.4. The van der Waals surface area contributed by atoms with Gasteiger partial charge in [-0.05, 0) is 18.9 Å². The molecule has 18 heavy (non-hydrogen) atoms. The minimum atomic E-state index is 0.0933. The van der Waals surface area contributed by atoms with E-state index >= 15 is 0 Å². The van der Waals surface area contributed by atoms with Gasteiger partial charge < -0.3 is 9.30 Å². The van der Waals surface area contributed by atoms with Crippen LogP contribution in [-0.4, -0.2) is 17.5 Å². The van der Waals surface area contributed by atoms with Crippen molar-refractivity contribution in [1.29, 1.82) is 0 Å². The second kappa shape index (κ2) is 4.84. The van der Waals surface area contributed by atoms with Gasteiger partial charge in [-0.15, -0.1) is 0 Å². The van der Waals surface area contributed by atoms with Crippen LogP contribution in [0.4, 0.5) is 0 Å². The van der Waals surface area contributed by atoms with E-state index in [1.54, 1.807) is 14.0 Å². The normalized spacial score (nSPS) is 11.2. The van der Waals surface area contributed by atoms with E-state index in [-0.39, 0.29) is 5.78 Å². The first-order valence-corrected chi connectivity index (χ1v) is 6.21. The van der Waals surface area contributed by atoms with Crippen LogP contribution in [0.5, 0.6) is 5.75 Å². The van der Waals surface area contributed by atoms with Gasteiger partial charge in [0.25, 0.3) is 0 Å². The van der Waals surface area contributed by atoms with Crippen molar-refractivity contribution in [3.05, 3.63) is 30.0 Å². The van der Waals surface area contributed by atoms with Crippen LogP contribution < -0.4 is 4.74 Å². The highest BCUT2D eigenvalue weighted by atomic mass is 16.5. The molecule has 0 fully saturated rings. The molecule has 0 saturated heterocycles. The monoisotopic (exact) mass is 245 g/mol. The molecule has 0 amide bonds. The Bertz CT molecular complexity index is 581. The molecule has 1 aromatic heterocycles. The van der Waals surface area contributed by atoms with Gasteiger partial charge in [-0.25, -0.2) is 0 Å². The molecule has 0 bridgehead atoms. The van der Waals surface area contributed by atoms with Crippen LogP contribution in [0.2, 0.25) is 0 Å². The number of aromatic nitrogens is 1. The Kier molecular flexibility index (Phi) is 3.41. The third-order valence-electron chi connectivity index (χ3n) is 3.02. The van der Waals surface area contributed by atoms with Crippen molar-refractivity contribution in [1.82, 2.24) is 4.57 Å². The molecule has 0 unspecified atom stereocenters. The van der Waals surface area contributed by atoms with Gasteiger partial charge in [0.2, 0.25) is 0 Å². The highest BCUT2D eigenvalue weighted by Gasteiger charge is 2.15. The summed E-state index contributed by atoms with van der Waals surface area (Å²) in [6, 6.07) is 5.84. The van der Waals surface area contributed by atoms with Crippen LogP contribution in [-0.2, 0) is 6.54 Å². The smallest absolute Gasteiger partial charge is 0.161 e. The van der Waals surface area contributed by atoms with E-state index in [2.05, 4.69) is 18.4 Å². The number of hydrogen-bond acceptors (Lipinski definition) is 2. The summed E-state index contributed by atoms with van der Waals surface area (Å²) in [6.07, 6.45) is 1.94. The first-order chi connectivity index (χ1) is 8.54. The summed E-state index contributed by atoms with van der Waals surface area (Å²) in [6.45, 7) is 6.81. The van der Waals surface area contributed by atoms with Gasteiger partial charge in [0.05, 0.1) is 12.6 Å². The second-order valence-corrected chi connectivity index (χ2v) is 5.00. The molecule has 0 saturated carbocycles. The zero-order valence-corrected chi connectivity index (χ0v) is 11.4. The maximum Gasteiger partial charge on any atom is 0.161 e. The predicted octanol–water partition coefficient (Wildman–Crippen LogP) is 3.51. The van der Waals surface area contributed by atoms with E-state index in [0.717, 1.165) is 28.8 Å². The van der Waals surface area contributed by atoms with E-state index in [0.29, 0.717) is 5.92 Å². The van der Waals surface area contributed by atoms with Gasteiger partial charge in [-0.1, -0.05) is 26.0 Å². The predicted molar refractivity (Wildman–Crippen MR) is 73.3 cm³/mol. The number of hydrogen-bond donors (Lipinski definition) is 0. The maximum atomic E-state index is 11.7. The van der Waals surface area contributed by atoms with Crippen molar-refractivity contribution in [2.45, 2.75) is 27.3 Å². The fraction of sp³-hybridized carbons (Fsp3) is 0.400. The summed E-state index contributed by atoms with van der Waals surface area (Å²) in [7, 11) is 1.66. The number of carbonyl (C=O) groups is 1. The third kappa shape index (κ3) is 2.13. The highest BCUT2D eigenvalue weighted by Crippen LogP contribution is 2.30. The van der Waals surface area contributed by atoms with Crippen LogP contribution in [0, 0.1) is 5.92 Å². The minimum absolute atomic E-state index is 0.0933. The number of carbonyl (C=O) groups excluding carboxylic acids is 1. The third-order valence-corrected chi connectivity index (χ3v) is 3.02. The molecule has 2 aromatic rings. The lowest BCUT2D eigenvalue weighted by Crippen LogP contribution is -2.03. The standard InChI is InChI=1S/C15H19NO2/c1-10(2)8-16-9-13(11(3)17)12-6-5-7-14(18-4)15(12)16/h5-7,9-10H,8H2,1-4H3. The largest absolute Gasteiger partial charge is 0.495 e. The average Bonchev–Trinajstić information content (AvgIpc) is 2.67. The Morgan fingerprint density at radius 1 is 1.39 bits per heavy atom. The molecule has 0 radical (unpaired) electrons. The number of rotatable bonds is 4. The topological polar surface area (TPSA) is 31.2 Å². The number of para-hydroxylation sites is 1. The number of methoxy groups -OCH3 is 1. The SMILES string of the molecule is COc1cccc2c(C(C)=O)cn(CC(C)C)c12. The van der Waals surface area contributed by atoms with E-state index in [9.17, 15) is 4.79 Å². The molecule has 2 rings (SSSR count). The van der Waals surface area contributed by atoms with Crippen molar-refractivity contribution < 1.29 is 9.53 Å². The highest BCUT2D eigenvalue weighted by molar-refractivity contribution is 6.08. The van der Waals surface area contributed by atoms with Gasteiger partial charge in [-0.3, -0.25) is 4.79 Å². The molecule has 0 N–H and O–H groups in total. The molecule has 0 aliphatic heterocycles. The molecule has 0 aliphatic carbocycles. The van der Waals surface area contributed by atoms with Crippen LogP contribution in [0.3, 0.4) is 0 Å². The average molecular weight is 245 g/mol. The first kappa shape index (κ1) is 12.7. The van der Waals surface area contributed by atoms with Gasteiger partial charge in [0, 0.05) is 23.7 Å². The van der Waals surface area contributed by atoms with E-state index < -0.39 is 0 Å².